The highest BCUT2D eigenvalue weighted by molar-refractivity contribution is 5.87. The minimum absolute atomic E-state index is 0.0779. The number of esters is 1. The van der Waals surface area contributed by atoms with E-state index >= 15 is 0 Å². The van der Waals surface area contributed by atoms with Crippen LogP contribution in [0.2, 0.25) is 0 Å². The lowest BCUT2D eigenvalue weighted by molar-refractivity contribution is -0.151. The number of rotatable bonds is 5. The van der Waals surface area contributed by atoms with Gasteiger partial charge in [0.1, 0.15) is 6.04 Å². The number of nitrogens with zero attached hydrogens (tertiary/aromatic N) is 1. The zero-order valence-electron chi connectivity index (χ0n) is 21.0. The number of hydrogen-bond acceptors (Lipinski definition) is 3. The molecule has 0 fully saturated rings. The van der Waals surface area contributed by atoms with Crippen molar-refractivity contribution < 1.29 is 9.53 Å². The van der Waals surface area contributed by atoms with Gasteiger partial charge in [-0.05, 0) is 40.7 Å². The van der Waals surface area contributed by atoms with Gasteiger partial charge >= 0.3 is 5.97 Å². The predicted molar refractivity (Wildman–Crippen MR) is 141 cm³/mol. The number of benzene rings is 3. The van der Waals surface area contributed by atoms with Gasteiger partial charge in [0.15, 0.2) is 0 Å². The van der Waals surface area contributed by atoms with Gasteiger partial charge in [0.25, 0.3) is 0 Å². The molecular formula is C31H34N2O2. The van der Waals surface area contributed by atoms with Crippen LogP contribution in [0.15, 0.2) is 78.9 Å². The van der Waals surface area contributed by atoms with Crippen LogP contribution in [0.3, 0.4) is 0 Å². The van der Waals surface area contributed by atoms with Crippen LogP contribution in [0.4, 0.5) is 0 Å². The summed E-state index contributed by atoms with van der Waals surface area (Å²) in [4.78, 5) is 19.4. The highest BCUT2D eigenvalue weighted by Gasteiger charge is 2.41. The topological polar surface area (TPSA) is 45.3 Å². The van der Waals surface area contributed by atoms with Crippen LogP contribution in [0.25, 0.3) is 10.9 Å². The number of nitrogens with one attached hydrogen (secondary N) is 1. The molecule has 0 unspecified atom stereocenters. The van der Waals surface area contributed by atoms with Gasteiger partial charge in [-0.15, -0.1) is 0 Å². The van der Waals surface area contributed by atoms with Gasteiger partial charge in [-0.2, -0.15) is 0 Å². The molecular weight excluding hydrogens is 432 g/mol. The second-order valence-electron chi connectivity index (χ2n) is 10.5. The maximum Gasteiger partial charge on any atom is 0.323 e. The van der Waals surface area contributed by atoms with Crippen molar-refractivity contribution >= 4 is 16.9 Å². The Morgan fingerprint density at radius 2 is 1.66 bits per heavy atom. The fourth-order valence-corrected chi connectivity index (χ4v) is 5.31. The molecule has 0 aliphatic carbocycles. The van der Waals surface area contributed by atoms with Gasteiger partial charge in [0.2, 0.25) is 0 Å². The van der Waals surface area contributed by atoms with E-state index in [4.69, 9.17) is 4.74 Å². The molecule has 4 nitrogen and oxygen atoms in total. The van der Waals surface area contributed by atoms with Gasteiger partial charge < -0.3 is 9.72 Å². The first kappa shape index (κ1) is 23.4. The van der Waals surface area contributed by atoms with E-state index in [0.717, 1.165) is 5.52 Å². The van der Waals surface area contributed by atoms with Crippen molar-refractivity contribution in [1.29, 1.82) is 0 Å². The van der Waals surface area contributed by atoms with Crippen LogP contribution in [0, 0.1) is 0 Å². The Labute approximate surface area is 207 Å². The number of carbonyl (C=O) groups is 1. The Kier molecular flexibility index (Phi) is 6.24. The second kappa shape index (κ2) is 9.35. The number of hydrogen-bond donors (Lipinski definition) is 1. The molecule has 2 atom stereocenters. The third-order valence-corrected chi connectivity index (χ3v) is 7.11. The van der Waals surface area contributed by atoms with Crippen molar-refractivity contribution in [2.45, 2.75) is 58.2 Å². The molecule has 35 heavy (non-hydrogen) atoms. The van der Waals surface area contributed by atoms with Gasteiger partial charge in [-0.3, -0.25) is 9.69 Å². The number of carbonyl (C=O) groups excluding carboxylic acids is 1. The third-order valence-electron chi connectivity index (χ3n) is 7.11. The Morgan fingerprint density at radius 1 is 0.971 bits per heavy atom. The first-order valence-corrected chi connectivity index (χ1v) is 12.5. The van der Waals surface area contributed by atoms with Crippen LogP contribution in [-0.4, -0.2) is 28.5 Å². The SMILES string of the molecule is CCOC(=O)[C@@H]1Cc2c([nH]c3ccccc23)[C@@H](c2ccc(C(C)(C)C)cc2)N1Cc1ccccc1. The summed E-state index contributed by atoms with van der Waals surface area (Å²) in [5.74, 6) is -0.157. The van der Waals surface area contributed by atoms with Crippen LogP contribution < -0.4 is 0 Å². The number of fused-ring (bicyclic) bond motifs is 3. The van der Waals surface area contributed by atoms with Gasteiger partial charge in [0.05, 0.1) is 12.6 Å². The van der Waals surface area contributed by atoms with Crippen LogP contribution in [-0.2, 0) is 27.9 Å². The van der Waals surface area contributed by atoms with E-state index in [-0.39, 0.29) is 23.5 Å². The summed E-state index contributed by atoms with van der Waals surface area (Å²) < 4.78 is 5.61. The van der Waals surface area contributed by atoms with Crippen molar-refractivity contribution in [2.75, 3.05) is 6.61 Å². The van der Waals surface area contributed by atoms with Gasteiger partial charge in [-0.1, -0.05) is 93.6 Å². The monoisotopic (exact) mass is 466 g/mol. The average molecular weight is 467 g/mol. The number of ether oxygens (including phenoxy) is 1. The molecule has 0 saturated carbocycles. The molecule has 4 heteroatoms. The molecule has 1 N–H and O–H groups in total. The average Bonchev–Trinajstić information content (AvgIpc) is 3.22. The van der Waals surface area contributed by atoms with Gasteiger partial charge in [-0.25, -0.2) is 0 Å². The minimum atomic E-state index is -0.367. The number of aromatic amines is 1. The maximum absolute atomic E-state index is 13.4. The number of para-hydroxylation sites is 1. The van der Waals surface area contributed by atoms with Crippen molar-refractivity contribution in [2.24, 2.45) is 0 Å². The molecule has 2 heterocycles. The second-order valence-corrected chi connectivity index (χ2v) is 10.5. The largest absolute Gasteiger partial charge is 0.465 e. The summed E-state index contributed by atoms with van der Waals surface area (Å²) in [5.41, 5.74) is 7.23. The molecule has 1 aromatic heterocycles. The standard InChI is InChI=1S/C31H34N2O2/c1-5-35-30(34)27-19-25-24-13-9-10-14-26(24)32-28(25)29(33(27)20-21-11-7-6-8-12-21)22-15-17-23(18-16-22)31(2,3)4/h6-18,27,29,32H,5,19-20H2,1-4H3/t27-,29+/m0/s1. The lowest BCUT2D eigenvalue weighted by Gasteiger charge is -2.41. The normalized spacial score (nSPS) is 18.4. The Balaban J connectivity index is 1.68. The van der Waals surface area contributed by atoms with Crippen molar-refractivity contribution in [3.05, 3.63) is 107 Å². The molecule has 0 saturated heterocycles. The Hall–Kier alpha value is -3.37. The summed E-state index contributed by atoms with van der Waals surface area (Å²) in [6, 6.07) is 27.3. The number of H-pyrrole nitrogens is 1. The molecule has 0 bridgehead atoms. The molecule has 0 radical (unpaired) electrons. The van der Waals surface area contributed by atoms with E-state index in [9.17, 15) is 4.79 Å². The summed E-state index contributed by atoms with van der Waals surface area (Å²) in [5, 5.41) is 1.19. The van der Waals surface area contributed by atoms with E-state index in [1.54, 1.807) is 0 Å². The molecule has 0 amide bonds. The van der Waals surface area contributed by atoms with E-state index in [1.807, 2.05) is 13.0 Å². The van der Waals surface area contributed by atoms with Crippen molar-refractivity contribution in [3.8, 4) is 0 Å². The zero-order chi connectivity index (χ0) is 24.6. The molecule has 1 aliphatic heterocycles. The predicted octanol–water partition coefficient (Wildman–Crippen LogP) is 6.54. The van der Waals surface area contributed by atoms with Gasteiger partial charge in [0, 0.05) is 29.6 Å². The number of aromatic nitrogens is 1. The molecule has 1 aliphatic rings. The fraction of sp³-hybridized carbons (Fsp3) is 0.323. The molecule has 4 aromatic rings. The summed E-state index contributed by atoms with van der Waals surface area (Å²) in [6.45, 7) is 9.61. The highest BCUT2D eigenvalue weighted by atomic mass is 16.5. The van der Waals surface area contributed by atoms with Crippen molar-refractivity contribution in [1.82, 2.24) is 9.88 Å². The summed E-state index contributed by atoms with van der Waals surface area (Å²) in [6.07, 6.45) is 0.627. The highest BCUT2D eigenvalue weighted by Crippen LogP contribution is 2.42. The van der Waals surface area contributed by atoms with Crippen LogP contribution in [0.1, 0.15) is 61.7 Å². The Bertz CT molecular complexity index is 1320. The molecule has 5 rings (SSSR count). The maximum atomic E-state index is 13.4. The minimum Gasteiger partial charge on any atom is -0.465 e. The quantitative estimate of drug-likeness (QED) is 0.340. The fourth-order valence-electron chi connectivity index (χ4n) is 5.31. The van der Waals surface area contributed by atoms with E-state index in [2.05, 4.69) is 103 Å². The molecule has 3 aromatic carbocycles. The lowest BCUT2D eigenvalue weighted by atomic mass is 9.84. The third kappa shape index (κ3) is 4.51. The van der Waals surface area contributed by atoms with Crippen LogP contribution in [0.5, 0.6) is 0 Å². The zero-order valence-corrected chi connectivity index (χ0v) is 21.0. The van der Waals surface area contributed by atoms with Crippen LogP contribution >= 0.6 is 0 Å². The van der Waals surface area contributed by atoms with E-state index in [1.165, 1.54) is 33.3 Å². The lowest BCUT2D eigenvalue weighted by Crippen LogP contribution is -2.48. The summed E-state index contributed by atoms with van der Waals surface area (Å²) in [7, 11) is 0. The van der Waals surface area contributed by atoms with Crippen molar-refractivity contribution in [3.63, 3.8) is 0 Å². The first-order valence-electron chi connectivity index (χ1n) is 12.5. The molecule has 180 valence electrons. The Morgan fingerprint density at radius 3 is 2.34 bits per heavy atom. The summed E-state index contributed by atoms with van der Waals surface area (Å²) >= 11 is 0. The first-order chi connectivity index (χ1) is 16.9. The smallest absolute Gasteiger partial charge is 0.323 e. The van der Waals surface area contributed by atoms with E-state index < -0.39 is 0 Å². The van der Waals surface area contributed by atoms with E-state index in [0.29, 0.717) is 19.6 Å². The molecule has 0 spiro atoms.